The van der Waals surface area contributed by atoms with Crippen LogP contribution in [-0.2, 0) is 4.74 Å². The Balaban J connectivity index is 2.11. The molecular formula is C17H9NO7. The highest BCUT2D eigenvalue weighted by molar-refractivity contribution is 6.14. The Morgan fingerprint density at radius 1 is 1.08 bits per heavy atom. The molecule has 0 aliphatic carbocycles. The molecule has 0 spiro atoms. The number of fused-ring (bicyclic) bond motifs is 5. The zero-order chi connectivity index (χ0) is 17.7. The van der Waals surface area contributed by atoms with E-state index in [0.717, 1.165) is 0 Å². The van der Waals surface area contributed by atoms with Gasteiger partial charge in [0.25, 0.3) is 5.69 Å². The summed E-state index contributed by atoms with van der Waals surface area (Å²) >= 11 is 0. The van der Waals surface area contributed by atoms with Crippen LogP contribution < -0.4 is 5.63 Å². The smallest absolute Gasteiger partial charge is 0.348 e. The molecule has 8 heteroatoms. The van der Waals surface area contributed by atoms with Gasteiger partial charge >= 0.3 is 11.6 Å². The number of carbonyl (C=O) groups excluding carboxylic acids is 1. The molecule has 8 nitrogen and oxygen atoms in total. The standard InChI is InChI=1S/C17H9NO7/c1-23-16(19)8-2-5-12-11(6-8)14-15(24-12)10-4-3-9(18(21)22)7-13(10)25-17(14)20/h2-7H,1H3. The summed E-state index contributed by atoms with van der Waals surface area (Å²) in [4.78, 5) is 34.4. The van der Waals surface area contributed by atoms with Gasteiger partial charge in [-0.15, -0.1) is 0 Å². The maximum Gasteiger partial charge on any atom is 0.348 e. The normalized spacial score (nSPS) is 11.2. The topological polar surface area (TPSA) is 113 Å². The van der Waals surface area contributed by atoms with Crippen molar-refractivity contribution in [3.05, 3.63) is 62.5 Å². The number of nitrogens with zero attached hydrogens (tertiary/aromatic N) is 1. The number of methoxy groups -OCH3 is 1. The molecule has 0 saturated heterocycles. The molecule has 0 fully saturated rings. The van der Waals surface area contributed by atoms with E-state index in [9.17, 15) is 19.7 Å². The molecule has 0 radical (unpaired) electrons. The van der Waals surface area contributed by atoms with E-state index < -0.39 is 16.5 Å². The fraction of sp³-hybridized carbons (Fsp3) is 0.0588. The first-order chi connectivity index (χ1) is 12.0. The second kappa shape index (κ2) is 5.17. The highest BCUT2D eigenvalue weighted by atomic mass is 16.6. The van der Waals surface area contributed by atoms with Crippen molar-refractivity contribution >= 4 is 44.6 Å². The summed E-state index contributed by atoms with van der Waals surface area (Å²) in [5, 5.41) is 11.9. The van der Waals surface area contributed by atoms with Gasteiger partial charge in [-0.2, -0.15) is 0 Å². The summed E-state index contributed by atoms with van der Waals surface area (Å²) < 4.78 is 15.6. The Hall–Kier alpha value is -3.68. The third kappa shape index (κ3) is 2.15. The molecule has 0 bridgehead atoms. The van der Waals surface area contributed by atoms with E-state index in [1.807, 2.05) is 0 Å². The minimum atomic E-state index is -0.705. The quantitative estimate of drug-likeness (QED) is 0.238. The SMILES string of the molecule is COC(=O)c1ccc2oc3c4ccc([N+](=O)[O-])cc4oc(=O)c3c2c1. The molecule has 0 aliphatic heterocycles. The maximum absolute atomic E-state index is 12.4. The van der Waals surface area contributed by atoms with Crippen LogP contribution in [0.2, 0.25) is 0 Å². The molecular weight excluding hydrogens is 330 g/mol. The minimum Gasteiger partial charge on any atom is -0.465 e. The van der Waals surface area contributed by atoms with Crippen molar-refractivity contribution in [3.8, 4) is 0 Å². The minimum absolute atomic E-state index is 0.0546. The van der Waals surface area contributed by atoms with Crippen LogP contribution >= 0.6 is 0 Å². The molecule has 0 amide bonds. The van der Waals surface area contributed by atoms with E-state index in [1.54, 1.807) is 6.07 Å². The summed E-state index contributed by atoms with van der Waals surface area (Å²) in [6, 6.07) is 8.49. The molecule has 4 aromatic rings. The van der Waals surface area contributed by atoms with Gasteiger partial charge in [0.2, 0.25) is 0 Å². The van der Waals surface area contributed by atoms with Crippen LogP contribution in [0.5, 0.6) is 0 Å². The summed E-state index contributed by atoms with van der Waals surface area (Å²) in [6.45, 7) is 0. The fourth-order valence-corrected chi connectivity index (χ4v) is 2.78. The zero-order valence-corrected chi connectivity index (χ0v) is 12.8. The van der Waals surface area contributed by atoms with Crippen LogP contribution in [0.4, 0.5) is 5.69 Å². The largest absolute Gasteiger partial charge is 0.465 e. The number of furan rings is 1. The Morgan fingerprint density at radius 2 is 1.88 bits per heavy atom. The highest BCUT2D eigenvalue weighted by Crippen LogP contribution is 2.33. The Labute approximate surface area is 138 Å². The van der Waals surface area contributed by atoms with Crippen LogP contribution in [0.1, 0.15) is 10.4 Å². The van der Waals surface area contributed by atoms with Crippen molar-refractivity contribution in [2.24, 2.45) is 0 Å². The number of ether oxygens (including phenoxy) is 1. The lowest BCUT2D eigenvalue weighted by Crippen LogP contribution is -2.01. The van der Waals surface area contributed by atoms with Crippen LogP contribution in [0, 0.1) is 10.1 Å². The van der Waals surface area contributed by atoms with Crippen LogP contribution in [0.15, 0.2) is 50.0 Å². The number of nitro benzene ring substituents is 1. The van der Waals surface area contributed by atoms with Crippen LogP contribution in [0.3, 0.4) is 0 Å². The summed E-state index contributed by atoms with van der Waals surface area (Å²) in [6.07, 6.45) is 0. The molecule has 2 aromatic carbocycles. The lowest BCUT2D eigenvalue weighted by molar-refractivity contribution is -0.384. The van der Waals surface area contributed by atoms with Crippen molar-refractivity contribution in [1.29, 1.82) is 0 Å². The first-order valence-electron chi connectivity index (χ1n) is 7.15. The Bertz CT molecular complexity index is 1250. The van der Waals surface area contributed by atoms with Gasteiger partial charge in [0.1, 0.15) is 16.6 Å². The monoisotopic (exact) mass is 339 g/mol. The fourth-order valence-electron chi connectivity index (χ4n) is 2.78. The molecule has 124 valence electrons. The molecule has 0 saturated carbocycles. The van der Waals surface area contributed by atoms with Gasteiger partial charge in [0, 0.05) is 11.5 Å². The predicted molar refractivity (Wildman–Crippen MR) is 87.8 cm³/mol. The number of esters is 1. The molecule has 0 N–H and O–H groups in total. The van der Waals surface area contributed by atoms with Gasteiger partial charge in [0.15, 0.2) is 5.58 Å². The second-order valence-corrected chi connectivity index (χ2v) is 5.34. The number of rotatable bonds is 2. The molecule has 2 aromatic heterocycles. The van der Waals surface area contributed by atoms with E-state index in [0.29, 0.717) is 16.4 Å². The van der Waals surface area contributed by atoms with Crippen LogP contribution in [0.25, 0.3) is 32.9 Å². The number of carbonyl (C=O) groups is 1. The molecule has 0 unspecified atom stereocenters. The molecule has 25 heavy (non-hydrogen) atoms. The second-order valence-electron chi connectivity index (χ2n) is 5.34. The average Bonchev–Trinajstić information content (AvgIpc) is 2.99. The summed E-state index contributed by atoms with van der Waals surface area (Å²) in [5.41, 5.74) is 0.0571. The van der Waals surface area contributed by atoms with Crippen molar-refractivity contribution < 1.29 is 23.3 Å². The van der Waals surface area contributed by atoms with Crippen molar-refractivity contribution in [1.82, 2.24) is 0 Å². The van der Waals surface area contributed by atoms with Gasteiger partial charge in [-0.3, -0.25) is 10.1 Å². The van der Waals surface area contributed by atoms with Crippen LogP contribution in [-0.4, -0.2) is 18.0 Å². The maximum atomic E-state index is 12.4. The number of nitro groups is 1. The molecule has 0 aliphatic rings. The van der Waals surface area contributed by atoms with Gasteiger partial charge < -0.3 is 13.6 Å². The molecule has 4 rings (SSSR count). The number of hydrogen-bond acceptors (Lipinski definition) is 7. The lowest BCUT2D eigenvalue weighted by Gasteiger charge is -1.98. The Kier molecular flexibility index (Phi) is 3.08. The first kappa shape index (κ1) is 14.9. The van der Waals surface area contributed by atoms with Crippen molar-refractivity contribution in [3.63, 3.8) is 0 Å². The summed E-state index contributed by atoms with van der Waals surface area (Å²) in [5.74, 6) is -0.544. The molecule has 2 heterocycles. The van der Waals surface area contributed by atoms with E-state index >= 15 is 0 Å². The van der Waals surface area contributed by atoms with Gasteiger partial charge in [-0.25, -0.2) is 9.59 Å². The number of non-ortho nitro benzene ring substituents is 1. The highest BCUT2D eigenvalue weighted by Gasteiger charge is 2.19. The average molecular weight is 339 g/mol. The predicted octanol–water partition coefficient (Wildman–Crippen LogP) is 3.39. The van der Waals surface area contributed by atoms with Crippen molar-refractivity contribution in [2.75, 3.05) is 7.11 Å². The van der Waals surface area contributed by atoms with Gasteiger partial charge in [-0.05, 0) is 24.3 Å². The summed E-state index contributed by atoms with van der Waals surface area (Å²) in [7, 11) is 1.26. The first-order valence-corrected chi connectivity index (χ1v) is 7.15. The Morgan fingerprint density at radius 3 is 2.60 bits per heavy atom. The third-order valence-corrected chi connectivity index (χ3v) is 3.94. The lowest BCUT2D eigenvalue weighted by atomic mass is 10.1. The van der Waals surface area contributed by atoms with Gasteiger partial charge in [-0.1, -0.05) is 0 Å². The number of hydrogen-bond donors (Lipinski definition) is 0. The van der Waals surface area contributed by atoms with Gasteiger partial charge in [0.05, 0.1) is 29.0 Å². The van der Waals surface area contributed by atoms with Crippen molar-refractivity contribution in [2.45, 2.75) is 0 Å². The molecule has 0 atom stereocenters. The third-order valence-electron chi connectivity index (χ3n) is 3.94. The van der Waals surface area contributed by atoms with E-state index in [2.05, 4.69) is 4.74 Å². The van der Waals surface area contributed by atoms with E-state index in [4.69, 9.17) is 8.83 Å². The van der Waals surface area contributed by atoms with E-state index in [-0.39, 0.29) is 27.8 Å². The number of benzene rings is 2. The zero-order valence-electron chi connectivity index (χ0n) is 12.8. The van der Waals surface area contributed by atoms with E-state index in [1.165, 1.54) is 37.4 Å².